The highest BCUT2D eigenvalue weighted by Crippen LogP contribution is 2.32. The number of amides is 1. The lowest BCUT2D eigenvalue weighted by Gasteiger charge is -2.06. The van der Waals surface area contributed by atoms with Gasteiger partial charge in [0.1, 0.15) is 11.6 Å². The molecule has 0 fully saturated rings. The number of carbonyl (C=O) groups is 2. The fourth-order valence-corrected chi connectivity index (χ4v) is 2.51. The summed E-state index contributed by atoms with van der Waals surface area (Å²) < 4.78 is 10.5. The number of fused-ring (bicyclic) bond motifs is 1. The van der Waals surface area contributed by atoms with Crippen molar-refractivity contribution >= 4 is 11.9 Å². The molecule has 0 atom stereocenters. The maximum Gasteiger partial charge on any atom is 0.335 e. The summed E-state index contributed by atoms with van der Waals surface area (Å²) >= 11 is 0. The second-order valence-corrected chi connectivity index (χ2v) is 5.92. The van der Waals surface area contributed by atoms with Gasteiger partial charge in [0, 0.05) is 19.3 Å². The Morgan fingerprint density at radius 2 is 1.79 bits per heavy atom. The summed E-state index contributed by atoms with van der Waals surface area (Å²) in [6.45, 7) is 0.767. The molecule has 1 heterocycles. The second-order valence-electron chi connectivity index (χ2n) is 5.92. The topological polar surface area (TPSA) is 121 Å². The van der Waals surface area contributed by atoms with E-state index in [4.69, 9.17) is 14.6 Å². The van der Waals surface area contributed by atoms with Gasteiger partial charge in [-0.3, -0.25) is 4.79 Å². The molecule has 0 unspecified atom stereocenters. The Bertz CT molecular complexity index is 961. The van der Waals surface area contributed by atoms with Crippen LogP contribution in [0.4, 0.5) is 0 Å². The molecule has 0 radical (unpaired) electrons. The van der Waals surface area contributed by atoms with Crippen LogP contribution in [-0.2, 0) is 17.9 Å². The number of carboxylic acids is 1. The minimum absolute atomic E-state index is 0.0668. The molecule has 3 N–H and O–H groups in total. The zero-order chi connectivity index (χ0) is 19.9. The summed E-state index contributed by atoms with van der Waals surface area (Å²) in [5, 5.41) is 23.6. The lowest BCUT2D eigenvalue weighted by molar-refractivity contribution is -0.117. The van der Waals surface area contributed by atoms with Gasteiger partial charge in [-0.1, -0.05) is 18.2 Å². The van der Waals surface area contributed by atoms with Gasteiger partial charge < -0.3 is 25.2 Å². The van der Waals surface area contributed by atoms with Crippen LogP contribution in [0.2, 0.25) is 0 Å². The lowest BCUT2D eigenvalue weighted by Crippen LogP contribution is -2.25. The molecule has 1 amide bonds. The summed E-state index contributed by atoms with van der Waals surface area (Å²) in [6.07, 6.45) is 1.33. The van der Waals surface area contributed by atoms with Crippen LogP contribution in [0.25, 0.3) is 0 Å². The average molecular weight is 379 g/mol. The van der Waals surface area contributed by atoms with Crippen LogP contribution in [0.1, 0.15) is 21.5 Å². The zero-order valence-electron chi connectivity index (χ0n) is 14.8. The van der Waals surface area contributed by atoms with E-state index in [-0.39, 0.29) is 24.5 Å². The molecule has 0 bridgehead atoms. The third kappa shape index (κ3) is 4.59. The van der Waals surface area contributed by atoms with Crippen LogP contribution in [0.3, 0.4) is 0 Å². The third-order valence-electron chi connectivity index (χ3n) is 4.01. The summed E-state index contributed by atoms with van der Waals surface area (Å²) in [6, 6.07) is 13.5. The van der Waals surface area contributed by atoms with E-state index < -0.39 is 11.9 Å². The number of carbonyl (C=O) groups excluding carboxylic acids is 1. The van der Waals surface area contributed by atoms with Gasteiger partial charge in [0.05, 0.1) is 5.56 Å². The van der Waals surface area contributed by atoms with E-state index >= 15 is 0 Å². The van der Waals surface area contributed by atoms with Crippen LogP contribution in [-0.4, -0.2) is 23.8 Å². The van der Waals surface area contributed by atoms with E-state index in [1.165, 1.54) is 18.3 Å². The molecule has 28 heavy (non-hydrogen) atoms. The molecule has 142 valence electrons. The molecule has 1 aliphatic heterocycles. The minimum atomic E-state index is -0.995. The molecular weight excluding hydrogens is 362 g/mol. The Morgan fingerprint density at radius 3 is 2.50 bits per heavy atom. The van der Waals surface area contributed by atoms with Crippen molar-refractivity contribution in [2.24, 2.45) is 0 Å². The molecule has 0 spiro atoms. The Labute approximate surface area is 161 Å². The Kier molecular flexibility index (Phi) is 5.77. The van der Waals surface area contributed by atoms with E-state index in [0.717, 1.165) is 11.1 Å². The van der Waals surface area contributed by atoms with Crippen LogP contribution in [0, 0.1) is 11.3 Å². The van der Waals surface area contributed by atoms with Crippen molar-refractivity contribution in [3.05, 3.63) is 70.9 Å². The van der Waals surface area contributed by atoms with Gasteiger partial charge in [-0.15, -0.1) is 0 Å². The number of hydrogen-bond acceptors (Lipinski definition) is 6. The first-order valence-corrected chi connectivity index (χ1v) is 8.39. The maximum absolute atomic E-state index is 12.2. The number of benzene rings is 2. The molecule has 0 saturated heterocycles. The van der Waals surface area contributed by atoms with Gasteiger partial charge in [-0.25, -0.2) is 4.79 Å². The van der Waals surface area contributed by atoms with Crippen molar-refractivity contribution in [1.29, 1.82) is 5.26 Å². The number of hydrogen-bond donors (Lipinski definition) is 3. The normalized spacial score (nSPS) is 12.2. The van der Waals surface area contributed by atoms with E-state index in [1.54, 1.807) is 24.3 Å². The number of carboxylic acid groups (broad SMARTS) is 1. The van der Waals surface area contributed by atoms with E-state index in [9.17, 15) is 14.9 Å². The predicted molar refractivity (Wildman–Crippen MR) is 98.3 cm³/mol. The quantitative estimate of drug-likeness (QED) is 0.496. The number of rotatable bonds is 7. The Morgan fingerprint density at radius 1 is 1.07 bits per heavy atom. The van der Waals surface area contributed by atoms with Gasteiger partial charge in [-0.05, 0) is 35.4 Å². The molecule has 3 rings (SSSR count). The van der Waals surface area contributed by atoms with Crippen molar-refractivity contribution in [2.45, 2.75) is 13.1 Å². The summed E-state index contributed by atoms with van der Waals surface area (Å²) in [5.74, 6) is -0.217. The molecule has 0 aliphatic carbocycles. The summed E-state index contributed by atoms with van der Waals surface area (Å²) in [7, 11) is 0. The number of ether oxygens (including phenoxy) is 2. The van der Waals surface area contributed by atoms with Crippen molar-refractivity contribution in [2.75, 3.05) is 6.79 Å². The smallest absolute Gasteiger partial charge is 0.335 e. The first-order valence-electron chi connectivity index (χ1n) is 8.39. The molecule has 1 aliphatic rings. The maximum atomic E-state index is 12.2. The zero-order valence-corrected chi connectivity index (χ0v) is 14.8. The van der Waals surface area contributed by atoms with Gasteiger partial charge >= 0.3 is 5.97 Å². The van der Waals surface area contributed by atoms with Gasteiger partial charge in [0.15, 0.2) is 11.5 Å². The molecular formula is C20H17N3O5. The van der Waals surface area contributed by atoms with Gasteiger partial charge in [-0.2, -0.15) is 5.26 Å². The van der Waals surface area contributed by atoms with Crippen LogP contribution >= 0.6 is 0 Å². The van der Waals surface area contributed by atoms with Gasteiger partial charge in [0.25, 0.3) is 5.91 Å². The molecule has 2 aromatic carbocycles. The largest absolute Gasteiger partial charge is 0.478 e. The minimum Gasteiger partial charge on any atom is -0.478 e. The molecule has 0 saturated carbocycles. The highest BCUT2D eigenvalue weighted by molar-refractivity contribution is 5.97. The number of nitrogens with zero attached hydrogens (tertiary/aromatic N) is 1. The average Bonchev–Trinajstić information content (AvgIpc) is 3.17. The van der Waals surface area contributed by atoms with Crippen molar-refractivity contribution < 1.29 is 24.2 Å². The van der Waals surface area contributed by atoms with E-state index in [2.05, 4.69) is 10.6 Å². The number of nitrogens with one attached hydrogen (secondary N) is 2. The monoisotopic (exact) mass is 379 g/mol. The third-order valence-corrected chi connectivity index (χ3v) is 4.01. The Balaban J connectivity index is 1.52. The predicted octanol–water partition coefficient (Wildman–Crippen LogP) is 1.93. The summed E-state index contributed by atoms with van der Waals surface area (Å²) in [4.78, 5) is 23.0. The highest BCUT2D eigenvalue weighted by Gasteiger charge is 2.14. The fourth-order valence-electron chi connectivity index (χ4n) is 2.51. The van der Waals surface area contributed by atoms with Crippen molar-refractivity contribution in [3.63, 3.8) is 0 Å². The first kappa shape index (κ1) is 18.8. The number of aromatic carboxylic acids is 1. The van der Waals surface area contributed by atoms with E-state index in [1.807, 2.05) is 12.1 Å². The van der Waals surface area contributed by atoms with Crippen LogP contribution in [0.5, 0.6) is 11.5 Å². The molecule has 0 aromatic heterocycles. The SMILES string of the molecule is N#C/C(=C/NCc1ccc(C(=O)O)cc1)C(=O)NCc1ccc2c(c1)OCO2. The van der Waals surface area contributed by atoms with Crippen LogP contribution in [0.15, 0.2) is 54.2 Å². The highest BCUT2D eigenvalue weighted by atomic mass is 16.7. The van der Waals surface area contributed by atoms with Crippen molar-refractivity contribution in [1.82, 2.24) is 10.6 Å². The molecule has 8 nitrogen and oxygen atoms in total. The van der Waals surface area contributed by atoms with Crippen LogP contribution < -0.4 is 20.1 Å². The number of nitriles is 1. The molecule has 2 aromatic rings. The second kappa shape index (κ2) is 8.60. The van der Waals surface area contributed by atoms with E-state index in [0.29, 0.717) is 18.0 Å². The standard InChI is InChI=1S/C20H17N3O5/c21-8-16(11-22-9-13-1-4-15(5-2-13)20(25)26)19(24)23-10-14-3-6-17-18(7-14)28-12-27-17/h1-7,11,22H,9-10,12H2,(H,23,24)(H,25,26)/b16-11-. The van der Waals surface area contributed by atoms with Crippen molar-refractivity contribution in [3.8, 4) is 17.6 Å². The van der Waals surface area contributed by atoms with Gasteiger partial charge in [0.2, 0.25) is 6.79 Å². The Hall–Kier alpha value is -3.99. The lowest BCUT2D eigenvalue weighted by atomic mass is 10.1. The molecule has 8 heteroatoms. The fraction of sp³-hybridized carbons (Fsp3) is 0.150. The first-order chi connectivity index (χ1) is 13.6. The summed E-state index contributed by atoms with van der Waals surface area (Å²) in [5.41, 5.74) is 1.77.